The molecule has 0 unspecified atom stereocenters. The van der Waals surface area contributed by atoms with Gasteiger partial charge in [0.2, 0.25) is 0 Å². The van der Waals surface area contributed by atoms with E-state index >= 15 is 0 Å². The summed E-state index contributed by atoms with van der Waals surface area (Å²) in [7, 11) is -1.73. The minimum atomic E-state index is -3.29. The molecule has 0 fully saturated rings. The monoisotopic (exact) mass is 430 g/mol. The van der Waals surface area contributed by atoms with E-state index in [0.717, 1.165) is 5.56 Å². The fourth-order valence-electron chi connectivity index (χ4n) is 3.18. The van der Waals surface area contributed by atoms with Gasteiger partial charge in [0.15, 0.2) is 11.5 Å². The van der Waals surface area contributed by atoms with Crippen LogP contribution >= 0.6 is 0 Å². The Morgan fingerprint density at radius 2 is 2.00 bits per heavy atom. The minimum absolute atomic E-state index is 0.115. The van der Waals surface area contributed by atoms with Crippen molar-refractivity contribution in [3.63, 3.8) is 0 Å². The molecule has 3 rings (SSSR count). The maximum Gasteiger partial charge on any atom is 0.161 e. The average Bonchev–Trinajstić information content (AvgIpc) is 3.23. The van der Waals surface area contributed by atoms with E-state index in [2.05, 4.69) is 10.4 Å². The Kier molecular flexibility index (Phi) is 6.51. The van der Waals surface area contributed by atoms with Crippen LogP contribution in [0.5, 0.6) is 11.5 Å². The second-order valence-electron chi connectivity index (χ2n) is 6.82. The van der Waals surface area contributed by atoms with Gasteiger partial charge in [-0.25, -0.2) is 13.1 Å². The maximum atomic E-state index is 12.1. The molecule has 0 aliphatic rings. The molecule has 9 heteroatoms. The number of hydrogen-bond donors (Lipinski definition) is 2. The number of rotatable bonds is 9. The molecule has 1 atom stereocenters. The lowest BCUT2D eigenvalue weighted by Crippen LogP contribution is -2.21. The van der Waals surface area contributed by atoms with Gasteiger partial charge < -0.3 is 20.5 Å². The van der Waals surface area contributed by atoms with E-state index < -0.39 is 15.9 Å². The van der Waals surface area contributed by atoms with Gasteiger partial charge in [0.1, 0.15) is 9.84 Å². The average molecular weight is 431 g/mol. The number of methoxy groups -OCH3 is 1. The number of hydrogen-bond acceptors (Lipinski definition) is 7. The topological polar surface area (TPSA) is 108 Å². The molecule has 2 aromatic carbocycles. The van der Waals surface area contributed by atoms with Crippen LogP contribution in [0.3, 0.4) is 0 Å². The van der Waals surface area contributed by atoms with Gasteiger partial charge in [0, 0.05) is 18.6 Å². The number of nitrogen functional groups attached to an aromatic ring is 1. The molecule has 0 amide bonds. The van der Waals surface area contributed by atoms with Gasteiger partial charge in [-0.05, 0) is 42.8 Å². The van der Waals surface area contributed by atoms with Crippen LogP contribution in [0.25, 0.3) is 5.69 Å². The van der Waals surface area contributed by atoms with Gasteiger partial charge in [-0.15, -0.1) is 0 Å². The minimum Gasteiger partial charge on any atom is -0.493 e. The molecule has 1 heterocycles. The first-order chi connectivity index (χ1) is 14.3. The number of nitrogens with zero attached hydrogens (tertiary/aromatic N) is 2. The van der Waals surface area contributed by atoms with Crippen LogP contribution in [-0.2, 0) is 9.84 Å². The number of para-hydroxylation sites is 1. The SMILES string of the molecule is CCOc1cc([C@@H](CS(C)(=O)=O)Nc2cccc(-n3cccn3)c2N)ccc1OC. The Labute approximate surface area is 176 Å². The Hall–Kier alpha value is -3.20. The molecule has 0 bridgehead atoms. The number of benzene rings is 2. The van der Waals surface area contributed by atoms with Gasteiger partial charge >= 0.3 is 0 Å². The summed E-state index contributed by atoms with van der Waals surface area (Å²) >= 11 is 0. The number of aromatic nitrogens is 2. The smallest absolute Gasteiger partial charge is 0.161 e. The maximum absolute atomic E-state index is 12.1. The van der Waals surface area contributed by atoms with E-state index in [1.807, 2.05) is 31.2 Å². The van der Waals surface area contributed by atoms with Gasteiger partial charge in [0.25, 0.3) is 0 Å². The highest BCUT2D eigenvalue weighted by molar-refractivity contribution is 7.90. The molecule has 0 saturated heterocycles. The molecule has 30 heavy (non-hydrogen) atoms. The zero-order valence-electron chi connectivity index (χ0n) is 17.2. The van der Waals surface area contributed by atoms with Crippen LogP contribution in [0, 0.1) is 0 Å². The molecule has 160 valence electrons. The van der Waals surface area contributed by atoms with Crippen LogP contribution < -0.4 is 20.5 Å². The Morgan fingerprint density at radius 1 is 1.20 bits per heavy atom. The predicted octanol–water partition coefficient (Wildman–Crippen LogP) is 3.06. The fourth-order valence-corrected chi connectivity index (χ4v) is 4.06. The third-order valence-electron chi connectivity index (χ3n) is 4.52. The molecule has 8 nitrogen and oxygen atoms in total. The largest absolute Gasteiger partial charge is 0.493 e. The molecule has 0 aliphatic carbocycles. The first-order valence-corrected chi connectivity index (χ1v) is 11.5. The number of nitrogens with one attached hydrogen (secondary N) is 1. The van der Waals surface area contributed by atoms with Gasteiger partial charge in [-0.3, -0.25) is 0 Å². The lowest BCUT2D eigenvalue weighted by Gasteiger charge is -2.23. The zero-order chi connectivity index (χ0) is 21.7. The van der Waals surface area contributed by atoms with Crippen LogP contribution in [0.15, 0.2) is 54.9 Å². The van der Waals surface area contributed by atoms with Crippen molar-refractivity contribution in [1.29, 1.82) is 0 Å². The first kappa shape index (κ1) is 21.5. The zero-order valence-corrected chi connectivity index (χ0v) is 18.0. The molecule has 0 radical (unpaired) electrons. The normalized spacial score (nSPS) is 12.4. The lowest BCUT2D eigenvalue weighted by atomic mass is 10.1. The molecule has 0 saturated carbocycles. The number of nitrogens with two attached hydrogens (primary N) is 1. The Balaban J connectivity index is 2.00. The van der Waals surface area contributed by atoms with E-state index in [1.165, 1.54) is 6.26 Å². The third-order valence-corrected chi connectivity index (χ3v) is 5.46. The van der Waals surface area contributed by atoms with Crippen molar-refractivity contribution in [2.75, 3.05) is 36.8 Å². The van der Waals surface area contributed by atoms with Gasteiger partial charge in [-0.1, -0.05) is 12.1 Å². The highest BCUT2D eigenvalue weighted by atomic mass is 32.2. The quantitative estimate of drug-likeness (QED) is 0.502. The second kappa shape index (κ2) is 9.08. The Bertz CT molecular complexity index is 1100. The van der Waals surface area contributed by atoms with Crippen LogP contribution in [-0.4, -0.2) is 43.9 Å². The summed E-state index contributed by atoms with van der Waals surface area (Å²) in [5.74, 6) is 1.02. The summed E-state index contributed by atoms with van der Waals surface area (Å²) in [6, 6.07) is 12.1. The molecular formula is C21H26N4O4S. The van der Waals surface area contributed by atoms with Crippen molar-refractivity contribution in [2.24, 2.45) is 0 Å². The highest BCUT2D eigenvalue weighted by Crippen LogP contribution is 2.34. The molecule has 0 aliphatic heterocycles. The van der Waals surface area contributed by atoms with Gasteiger partial charge in [-0.2, -0.15) is 5.10 Å². The van der Waals surface area contributed by atoms with E-state index in [9.17, 15) is 8.42 Å². The van der Waals surface area contributed by atoms with E-state index in [0.29, 0.717) is 35.2 Å². The molecule has 1 aromatic heterocycles. The van der Waals surface area contributed by atoms with Crippen molar-refractivity contribution < 1.29 is 17.9 Å². The fraction of sp³-hybridized carbons (Fsp3) is 0.286. The van der Waals surface area contributed by atoms with E-state index in [4.69, 9.17) is 15.2 Å². The van der Waals surface area contributed by atoms with E-state index in [1.54, 1.807) is 42.4 Å². The van der Waals surface area contributed by atoms with Crippen molar-refractivity contribution in [3.8, 4) is 17.2 Å². The molecule has 3 N–H and O–H groups in total. The lowest BCUT2D eigenvalue weighted by molar-refractivity contribution is 0.310. The summed E-state index contributed by atoms with van der Waals surface area (Å²) in [6.07, 6.45) is 4.66. The van der Waals surface area contributed by atoms with Crippen molar-refractivity contribution in [2.45, 2.75) is 13.0 Å². The number of sulfone groups is 1. The summed E-state index contributed by atoms with van der Waals surface area (Å²) in [5.41, 5.74) is 8.90. The van der Waals surface area contributed by atoms with E-state index in [-0.39, 0.29) is 5.75 Å². The summed E-state index contributed by atoms with van der Waals surface area (Å²) in [5, 5.41) is 7.51. The van der Waals surface area contributed by atoms with Crippen molar-refractivity contribution in [1.82, 2.24) is 9.78 Å². The third kappa shape index (κ3) is 5.04. The van der Waals surface area contributed by atoms with Crippen LogP contribution in [0.1, 0.15) is 18.5 Å². The summed E-state index contributed by atoms with van der Waals surface area (Å²) < 4.78 is 36.9. The number of ether oxygens (including phenoxy) is 2. The number of anilines is 2. The molecular weight excluding hydrogens is 404 g/mol. The highest BCUT2D eigenvalue weighted by Gasteiger charge is 2.21. The predicted molar refractivity (Wildman–Crippen MR) is 118 cm³/mol. The van der Waals surface area contributed by atoms with Crippen molar-refractivity contribution >= 4 is 21.2 Å². The van der Waals surface area contributed by atoms with Crippen molar-refractivity contribution in [3.05, 3.63) is 60.4 Å². The van der Waals surface area contributed by atoms with Gasteiger partial charge in [0.05, 0.1) is 42.6 Å². The Morgan fingerprint density at radius 3 is 2.63 bits per heavy atom. The second-order valence-corrected chi connectivity index (χ2v) is 9.01. The molecule has 3 aromatic rings. The summed E-state index contributed by atoms with van der Waals surface area (Å²) in [6.45, 7) is 2.34. The van der Waals surface area contributed by atoms with Crippen LogP contribution in [0.4, 0.5) is 11.4 Å². The molecule has 0 spiro atoms. The summed E-state index contributed by atoms with van der Waals surface area (Å²) in [4.78, 5) is 0. The standard InChI is InChI=1S/C21H26N4O4S/c1-4-29-20-13-15(9-10-19(20)28-2)17(14-30(3,26)27)24-16-7-5-8-18(21(16)22)25-12-6-11-23-25/h5-13,17,24H,4,14,22H2,1-3H3/t17-/m1/s1. The van der Waals surface area contributed by atoms with Crippen LogP contribution in [0.2, 0.25) is 0 Å². The first-order valence-electron chi connectivity index (χ1n) is 9.46.